The van der Waals surface area contributed by atoms with Gasteiger partial charge in [0.1, 0.15) is 11.6 Å². The van der Waals surface area contributed by atoms with Gasteiger partial charge in [-0.1, -0.05) is 0 Å². The van der Waals surface area contributed by atoms with Gasteiger partial charge in [0.15, 0.2) is 11.7 Å². The number of rotatable bonds is 6. The van der Waals surface area contributed by atoms with Crippen molar-refractivity contribution in [3.63, 3.8) is 0 Å². The third-order valence-corrected chi connectivity index (χ3v) is 5.46. The zero-order chi connectivity index (χ0) is 21.6. The van der Waals surface area contributed by atoms with Crippen molar-refractivity contribution in [2.24, 2.45) is 0 Å². The summed E-state index contributed by atoms with van der Waals surface area (Å²) in [5, 5.41) is 5.00. The lowest BCUT2D eigenvalue weighted by Gasteiger charge is -2.26. The van der Waals surface area contributed by atoms with E-state index in [4.69, 9.17) is 9.47 Å². The van der Waals surface area contributed by atoms with Crippen LogP contribution in [0.15, 0.2) is 53.9 Å². The normalized spacial score (nSPS) is 13.6. The van der Waals surface area contributed by atoms with E-state index < -0.39 is 0 Å². The maximum Gasteiger partial charge on any atom is 0.260 e. The van der Waals surface area contributed by atoms with Crippen LogP contribution in [0.5, 0.6) is 5.75 Å². The molecule has 7 nitrogen and oxygen atoms in total. The quantitative estimate of drug-likeness (QED) is 0.634. The van der Waals surface area contributed by atoms with Crippen molar-refractivity contribution < 1.29 is 23.5 Å². The van der Waals surface area contributed by atoms with Gasteiger partial charge in [0.25, 0.3) is 11.8 Å². The Hall–Kier alpha value is -3.30. The maximum atomic E-state index is 13.1. The Morgan fingerprint density at radius 3 is 2.52 bits per heavy atom. The lowest BCUT2D eigenvalue weighted by atomic mass is 10.2. The number of aromatic nitrogens is 1. The molecule has 0 saturated carbocycles. The highest BCUT2D eigenvalue weighted by atomic mass is 32.1. The number of morpholine rings is 1. The number of anilines is 1. The summed E-state index contributed by atoms with van der Waals surface area (Å²) in [6.45, 7) is 2.17. The topological polar surface area (TPSA) is 80.8 Å². The van der Waals surface area contributed by atoms with Gasteiger partial charge in [0.05, 0.1) is 18.9 Å². The van der Waals surface area contributed by atoms with E-state index >= 15 is 0 Å². The number of carbonyl (C=O) groups is 2. The van der Waals surface area contributed by atoms with Crippen LogP contribution in [-0.4, -0.2) is 54.6 Å². The molecule has 2 amide bonds. The van der Waals surface area contributed by atoms with E-state index in [0.717, 1.165) is 5.56 Å². The van der Waals surface area contributed by atoms with Gasteiger partial charge in [-0.15, -0.1) is 11.3 Å². The summed E-state index contributed by atoms with van der Waals surface area (Å²) < 4.78 is 23.8. The molecule has 0 aliphatic carbocycles. The number of ether oxygens (including phenoxy) is 2. The highest BCUT2D eigenvalue weighted by Crippen LogP contribution is 2.25. The van der Waals surface area contributed by atoms with Gasteiger partial charge < -0.3 is 14.4 Å². The van der Waals surface area contributed by atoms with Crippen molar-refractivity contribution >= 4 is 28.3 Å². The van der Waals surface area contributed by atoms with E-state index in [1.54, 1.807) is 46.7 Å². The number of thiazole rings is 1. The summed E-state index contributed by atoms with van der Waals surface area (Å²) in [5.74, 6) is -0.210. The maximum absolute atomic E-state index is 13.1. The van der Waals surface area contributed by atoms with E-state index in [1.165, 1.54) is 23.5 Å². The molecule has 0 bridgehead atoms. The van der Waals surface area contributed by atoms with Crippen LogP contribution in [0.1, 0.15) is 10.4 Å². The van der Waals surface area contributed by atoms with Crippen LogP contribution < -0.4 is 10.1 Å². The van der Waals surface area contributed by atoms with E-state index in [1.807, 2.05) is 0 Å². The minimum Gasteiger partial charge on any atom is -0.484 e. The van der Waals surface area contributed by atoms with E-state index in [-0.39, 0.29) is 24.2 Å². The summed E-state index contributed by atoms with van der Waals surface area (Å²) >= 11 is 1.29. The van der Waals surface area contributed by atoms with Crippen LogP contribution in [0.2, 0.25) is 0 Å². The predicted octanol–water partition coefficient (Wildman–Crippen LogP) is 3.44. The Bertz CT molecular complexity index is 1050. The Labute approximate surface area is 182 Å². The number of carbonyl (C=O) groups excluding carboxylic acids is 2. The first-order chi connectivity index (χ1) is 15.1. The minimum absolute atomic E-state index is 0.0587. The molecule has 3 aromatic rings. The Morgan fingerprint density at radius 2 is 1.81 bits per heavy atom. The lowest BCUT2D eigenvalue weighted by Crippen LogP contribution is -2.42. The van der Waals surface area contributed by atoms with Crippen molar-refractivity contribution in [1.29, 1.82) is 0 Å². The van der Waals surface area contributed by atoms with Gasteiger partial charge in [0, 0.05) is 29.6 Å². The molecule has 0 unspecified atom stereocenters. The number of nitrogens with one attached hydrogen (secondary N) is 1. The predicted molar refractivity (Wildman–Crippen MR) is 115 cm³/mol. The van der Waals surface area contributed by atoms with E-state index in [0.29, 0.717) is 48.4 Å². The fourth-order valence-corrected chi connectivity index (χ4v) is 3.72. The van der Waals surface area contributed by atoms with Gasteiger partial charge in [-0.05, 0) is 48.5 Å². The largest absolute Gasteiger partial charge is 0.484 e. The molecule has 1 N–H and O–H groups in total. The first-order valence-corrected chi connectivity index (χ1v) is 10.6. The minimum atomic E-state index is -0.314. The van der Waals surface area contributed by atoms with Crippen molar-refractivity contribution in [1.82, 2.24) is 9.88 Å². The van der Waals surface area contributed by atoms with E-state index in [9.17, 15) is 14.0 Å². The standard InChI is InChI=1S/C22H20FN3O4S/c23-17-5-1-15(2-6-17)19-14-31-22(24-19)25-21(28)16-3-7-18(8-4-16)30-13-20(27)26-9-11-29-12-10-26/h1-8,14H,9-13H2,(H,24,25,28). The SMILES string of the molecule is O=C(Nc1nc(-c2ccc(F)cc2)cs1)c1ccc(OCC(=O)N2CCOCC2)cc1. The second-order valence-corrected chi connectivity index (χ2v) is 7.66. The third kappa shape index (κ3) is 5.44. The van der Waals surface area contributed by atoms with Crippen molar-refractivity contribution in [2.45, 2.75) is 0 Å². The molecule has 0 atom stereocenters. The summed E-state index contributed by atoms with van der Waals surface area (Å²) in [6, 6.07) is 12.5. The molecule has 2 aromatic carbocycles. The number of nitrogens with zero attached hydrogens (tertiary/aromatic N) is 2. The first kappa shape index (κ1) is 21.0. The average molecular weight is 441 g/mol. The van der Waals surface area contributed by atoms with Crippen molar-refractivity contribution in [2.75, 3.05) is 38.2 Å². The molecule has 4 rings (SSSR count). The summed E-state index contributed by atoms with van der Waals surface area (Å²) in [4.78, 5) is 30.7. The van der Waals surface area contributed by atoms with Gasteiger partial charge in [-0.2, -0.15) is 0 Å². The highest BCUT2D eigenvalue weighted by molar-refractivity contribution is 7.14. The smallest absolute Gasteiger partial charge is 0.260 e. The molecule has 160 valence electrons. The van der Waals surface area contributed by atoms with E-state index in [2.05, 4.69) is 10.3 Å². The lowest BCUT2D eigenvalue weighted by molar-refractivity contribution is -0.137. The number of halogens is 1. The van der Waals surface area contributed by atoms with Crippen LogP contribution in [0.25, 0.3) is 11.3 Å². The molecule has 1 saturated heterocycles. The zero-order valence-electron chi connectivity index (χ0n) is 16.5. The average Bonchev–Trinajstić information content (AvgIpc) is 3.27. The van der Waals surface area contributed by atoms with Crippen molar-refractivity contribution in [3.8, 4) is 17.0 Å². The van der Waals surface area contributed by atoms with Gasteiger partial charge in [0.2, 0.25) is 0 Å². The zero-order valence-corrected chi connectivity index (χ0v) is 17.4. The molecular weight excluding hydrogens is 421 g/mol. The summed E-state index contributed by atoms with van der Waals surface area (Å²) in [5.41, 5.74) is 1.87. The molecule has 1 fully saturated rings. The monoisotopic (exact) mass is 441 g/mol. The first-order valence-electron chi connectivity index (χ1n) is 9.70. The number of benzene rings is 2. The molecule has 0 spiro atoms. The second-order valence-electron chi connectivity index (χ2n) is 6.81. The van der Waals surface area contributed by atoms with Gasteiger partial charge in [-0.3, -0.25) is 14.9 Å². The molecule has 0 radical (unpaired) electrons. The van der Waals surface area contributed by atoms with Crippen LogP contribution >= 0.6 is 11.3 Å². The molecule has 2 heterocycles. The molecule has 1 aliphatic heterocycles. The number of hydrogen-bond acceptors (Lipinski definition) is 6. The fraction of sp³-hybridized carbons (Fsp3) is 0.227. The molecule has 1 aliphatic rings. The third-order valence-electron chi connectivity index (χ3n) is 4.71. The number of hydrogen-bond donors (Lipinski definition) is 1. The highest BCUT2D eigenvalue weighted by Gasteiger charge is 2.17. The Balaban J connectivity index is 1.31. The van der Waals surface area contributed by atoms with Crippen LogP contribution in [0.3, 0.4) is 0 Å². The molecule has 9 heteroatoms. The van der Waals surface area contributed by atoms with Gasteiger partial charge in [-0.25, -0.2) is 9.37 Å². The summed E-state index contributed by atoms with van der Waals surface area (Å²) in [6.07, 6.45) is 0. The summed E-state index contributed by atoms with van der Waals surface area (Å²) in [7, 11) is 0. The van der Waals surface area contributed by atoms with Crippen LogP contribution in [0.4, 0.5) is 9.52 Å². The van der Waals surface area contributed by atoms with Crippen LogP contribution in [0, 0.1) is 5.82 Å². The second kappa shape index (κ2) is 9.67. The number of amides is 2. The van der Waals surface area contributed by atoms with Crippen LogP contribution in [-0.2, 0) is 9.53 Å². The Kier molecular flexibility index (Phi) is 6.54. The Morgan fingerprint density at radius 1 is 1.10 bits per heavy atom. The molecule has 31 heavy (non-hydrogen) atoms. The molecular formula is C22H20FN3O4S. The van der Waals surface area contributed by atoms with Crippen molar-refractivity contribution in [3.05, 3.63) is 65.3 Å². The molecule has 1 aromatic heterocycles. The van der Waals surface area contributed by atoms with Gasteiger partial charge >= 0.3 is 0 Å². The fourth-order valence-electron chi connectivity index (χ4n) is 3.01.